The van der Waals surface area contributed by atoms with Crippen molar-refractivity contribution in [3.8, 4) is 0 Å². The lowest BCUT2D eigenvalue weighted by Crippen LogP contribution is -2.11. The molecule has 1 N–H and O–H groups in total. The number of rotatable bonds is 3. The molecular weight excluding hydrogens is 179 g/mol. The largest absolute Gasteiger partial charge is 0.377 e. The van der Waals surface area contributed by atoms with Crippen molar-refractivity contribution in [2.24, 2.45) is 0 Å². The smallest absolute Gasteiger partial charge is 0.255 e. The molecule has 13 heavy (non-hydrogen) atoms. The van der Waals surface area contributed by atoms with E-state index >= 15 is 0 Å². The first-order valence-corrected chi connectivity index (χ1v) is 3.88. The monoisotopic (exact) mass is 189 g/mol. The van der Waals surface area contributed by atoms with Crippen LogP contribution in [0.15, 0.2) is 18.2 Å². The normalized spacial score (nSPS) is 10.5. The molecule has 0 saturated carbocycles. The second kappa shape index (κ2) is 4.16. The third-order valence-electron chi connectivity index (χ3n) is 1.57. The third kappa shape index (κ3) is 2.97. The van der Waals surface area contributed by atoms with E-state index < -0.39 is 18.8 Å². The molecule has 0 spiro atoms. The van der Waals surface area contributed by atoms with E-state index in [-0.39, 0.29) is 5.69 Å². The molecule has 0 fully saturated rings. The predicted octanol–water partition coefficient (Wildman–Crippen LogP) is 2.81. The summed E-state index contributed by atoms with van der Waals surface area (Å²) in [7, 11) is 0. The Morgan fingerprint density at radius 3 is 2.62 bits per heavy atom. The second-order valence-electron chi connectivity index (χ2n) is 2.76. The Hall–Kier alpha value is -1.19. The van der Waals surface area contributed by atoms with E-state index in [1.54, 1.807) is 13.0 Å². The Morgan fingerprint density at radius 2 is 2.08 bits per heavy atom. The average Bonchev–Trinajstić information content (AvgIpc) is 2.02. The molecule has 0 heterocycles. The number of hydrogen-bond donors (Lipinski definition) is 1. The molecule has 0 aliphatic carbocycles. The molecule has 72 valence electrons. The van der Waals surface area contributed by atoms with Crippen LogP contribution in [0, 0.1) is 12.7 Å². The first-order chi connectivity index (χ1) is 6.09. The van der Waals surface area contributed by atoms with Gasteiger partial charge in [-0.15, -0.1) is 0 Å². The SMILES string of the molecule is Cc1ccc(NCC(F)F)c(F)c1. The highest BCUT2D eigenvalue weighted by atomic mass is 19.3. The lowest BCUT2D eigenvalue weighted by Gasteiger charge is -2.06. The summed E-state index contributed by atoms with van der Waals surface area (Å²) in [4.78, 5) is 0. The van der Waals surface area contributed by atoms with Gasteiger partial charge in [0, 0.05) is 0 Å². The summed E-state index contributed by atoms with van der Waals surface area (Å²) in [5.74, 6) is -0.499. The van der Waals surface area contributed by atoms with Gasteiger partial charge in [0.05, 0.1) is 12.2 Å². The minimum Gasteiger partial charge on any atom is -0.377 e. The fourth-order valence-corrected chi connectivity index (χ4v) is 0.951. The highest BCUT2D eigenvalue weighted by Crippen LogP contribution is 2.15. The van der Waals surface area contributed by atoms with Crippen LogP contribution in [0.3, 0.4) is 0 Å². The summed E-state index contributed by atoms with van der Waals surface area (Å²) < 4.78 is 36.5. The van der Waals surface area contributed by atoms with Crippen molar-refractivity contribution in [3.05, 3.63) is 29.6 Å². The number of halogens is 3. The van der Waals surface area contributed by atoms with Gasteiger partial charge in [0.15, 0.2) is 0 Å². The first kappa shape index (κ1) is 9.89. The summed E-state index contributed by atoms with van der Waals surface area (Å²) in [5.41, 5.74) is 0.881. The zero-order chi connectivity index (χ0) is 9.84. The number of benzene rings is 1. The topological polar surface area (TPSA) is 12.0 Å². The molecule has 1 nitrogen and oxygen atoms in total. The van der Waals surface area contributed by atoms with E-state index in [9.17, 15) is 13.2 Å². The Kier molecular flexibility index (Phi) is 3.17. The standard InChI is InChI=1S/C9H10F3N/c1-6-2-3-8(7(10)4-6)13-5-9(11)12/h2-4,9,13H,5H2,1H3. The maximum absolute atomic E-state index is 13.0. The summed E-state index contributed by atoms with van der Waals surface area (Å²) in [6.45, 7) is 1.21. The highest BCUT2D eigenvalue weighted by Gasteiger charge is 2.05. The van der Waals surface area contributed by atoms with Crippen LogP contribution < -0.4 is 5.32 Å². The summed E-state index contributed by atoms with van der Waals surface area (Å²) in [5, 5.41) is 2.31. The van der Waals surface area contributed by atoms with E-state index in [0.29, 0.717) is 0 Å². The molecule has 0 aromatic heterocycles. The average molecular weight is 189 g/mol. The molecule has 1 aromatic carbocycles. The van der Waals surface area contributed by atoms with Crippen LogP contribution in [0.2, 0.25) is 0 Å². The van der Waals surface area contributed by atoms with Crippen molar-refractivity contribution >= 4 is 5.69 Å². The summed E-state index contributed by atoms with van der Waals surface area (Å²) in [6, 6.07) is 4.41. The second-order valence-corrected chi connectivity index (χ2v) is 2.76. The zero-order valence-corrected chi connectivity index (χ0v) is 7.15. The summed E-state index contributed by atoms with van der Waals surface area (Å²) in [6.07, 6.45) is -2.47. The van der Waals surface area contributed by atoms with Crippen molar-refractivity contribution in [3.63, 3.8) is 0 Å². The highest BCUT2D eigenvalue weighted by molar-refractivity contribution is 5.46. The van der Waals surface area contributed by atoms with Crippen LogP contribution in [0.25, 0.3) is 0 Å². The van der Waals surface area contributed by atoms with Gasteiger partial charge in [-0.3, -0.25) is 0 Å². The number of alkyl halides is 2. The molecular formula is C9H10F3N. The maximum atomic E-state index is 13.0. The number of hydrogen-bond acceptors (Lipinski definition) is 1. The van der Waals surface area contributed by atoms with Gasteiger partial charge in [-0.05, 0) is 24.6 Å². The van der Waals surface area contributed by atoms with Crippen molar-refractivity contribution < 1.29 is 13.2 Å². The maximum Gasteiger partial charge on any atom is 0.255 e. The van der Waals surface area contributed by atoms with Crippen LogP contribution in [0.5, 0.6) is 0 Å². The fourth-order valence-electron chi connectivity index (χ4n) is 0.951. The molecule has 0 atom stereocenters. The third-order valence-corrected chi connectivity index (χ3v) is 1.57. The van der Waals surface area contributed by atoms with Gasteiger partial charge in [-0.2, -0.15) is 0 Å². The minimum atomic E-state index is -2.47. The van der Waals surface area contributed by atoms with Gasteiger partial charge in [-0.25, -0.2) is 13.2 Å². The molecule has 0 amide bonds. The van der Waals surface area contributed by atoms with E-state index in [2.05, 4.69) is 5.32 Å². The number of nitrogens with one attached hydrogen (secondary N) is 1. The van der Waals surface area contributed by atoms with E-state index in [0.717, 1.165) is 5.56 Å². The molecule has 0 radical (unpaired) electrons. The molecule has 0 saturated heterocycles. The zero-order valence-electron chi connectivity index (χ0n) is 7.15. The Balaban J connectivity index is 2.67. The first-order valence-electron chi connectivity index (χ1n) is 3.88. The molecule has 0 aliphatic heterocycles. The quantitative estimate of drug-likeness (QED) is 0.770. The summed E-state index contributed by atoms with van der Waals surface area (Å²) >= 11 is 0. The van der Waals surface area contributed by atoms with Gasteiger partial charge in [0.25, 0.3) is 6.43 Å². The van der Waals surface area contributed by atoms with Crippen molar-refractivity contribution in [2.75, 3.05) is 11.9 Å². The van der Waals surface area contributed by atoms with Gasteiger partial charge >= 0.3 is 0 Å². The van der Waals surface area contributed by atoms with E-state index in [4.69, 9.17) is 0 Å². The molecule has 0 aliphatic rings. The van der Waals surface area contributed by atoms with Gasteiger partial charge in [-0.1, -0.05) is 6.07 Å². The van der Waals surface area contributed by atoms with Crippen molar-refractivity contribution in [2.45, 2.75) is 13.3 Å². The molecule has 0 unspecified atom stereocenters. The Morgan fingerprint density at radius 1 is 1.38 bits per heavy atom. The molecule has 0 bridgehead atoms. The van der Waals surface area contributed by atoms with Crippen molar-refractivity contribution in [1.29, 1.82) is 0 Å². The van der Waals surface area contributed by atoms with Gasteiger partial charge < -0.3 is 5.32 Å². The number of anilines is 1. The van der Waals surface area contributed by atoms with Gasteiger partial charge in [0.2, 0.25) is 0 Å². The van der Waals surface area contributed by atoms with Gasteiger partial charge in [0.1, 0.15) is 5.82 Å². The molecule has 1 aromatic rings. The Labute approximate surface area is 74.6 Å². The van der Waals surface area contributed by atoms with Crippen LogP contribution in [0.4, 0.5) is 18.9 Å². The van der Waals surface area contributed by atoms with Crippen LogP contribution >= 0.6 is 0 Å². The molecule has 4 heteroatoms. The molecule has 1 rings (SSSR count). The lowest BCUT2D eigenvalue weighted by molar-refractivity contribution is 0.163. The van der Waals surface area contributed by atoms with Crippen LogP contribution in [-0.2, 0) is 0 Å². The predicted molar refractivity (Wildman–Crippen MR) is 45.6 cm³/mol. The minimum absolute atomic E-state index is 0.117. The van der Waals surface area contributed by atoms with E-state index in [1.165, 1.54) is 12.1 Å². The Bertz CT molecular complexity index is 286. The van der Waals surface area contributed by atoms with Crippen LogP contribution in [-0.4, -0.2) is 13.0 Å². The fraction of sp³-hybridized carbons (Fsp3) is 0.333. The van der Waals surface area contributed by atoms with E-state index in [1.807, 2.05) is 0 Å². The van der Waals surface area contributed by atoms with Crippen LogP contribution in [0.1, 0.15) is 5.56 Å². The number of aryl methyl sites for hydroxylation is 1. The van der Waals surface area contributed by atoms with Crippen molar-refractivity contribution in [1.82, 2.24) is 0 Å². The lowest BCUT2D eigenvalue weighted by atomic mass is 10.2.